The third-order valence-electron chi connectivity index (χ3n) is 5.04. The molecule has 8 unspecified atom stereocenters. The molecule has 0 bridgehead atoms. The number of fused-ring (bicyclic) bond motifs is 1. The first-order valence-electron chi connectivity index (χ1n) is 7.81. The molecule has 3 aliphatic rings. The molecule has 8 atom stereocenters. The van der Waals surface area contributed by atoms with Gasteiger partial charge in [-0.25, -0.2) is 0 Å². The van der Waals surface area contributed by atoms with Gasteiger partial charge in [-0.15, -0.1) is 0 Å². The largest absolute Gasteiger partial charge is 0.394 e. The predicted molar refractivity (Wildman–Crippen MR) is 72.4 cm³/mol. The van der Waals surface area contributed by atoms with Crippen molar-refractivity contribution in [3.05, 3.63) is 0 Å². The predicted octanol–water partition coefficient (Wildman–Crippen LogP) is -1.67. The van der Waals surface area contributed by atoms with Gasteiger partial charge in [0.05, 0.1) is 12.7 Å². The fourth-order valence-electron chi connectivity index (χ4n) is 3.78. The molecule has 2 heterocycles. The van der Waals surface area contributed by atoms with E-state index in [0.29, 0.717) is 18.5 Å². The van der Waals surface area contributed by atoms with Gasteiger partial charge in [0.25, 0.3) is 0 Å². The zero-order chi connectivity index (χ0) is 15.0. The van der Waals surface area contributed by atoms with E-state index in [4.69, 9.17) is 9.47 Å². The van der Waals surface area contributed by atoms with Gasteiger partial charge in [0.2, 0.25) is 0 Å². The molecule has 0 aromatic carbocycles. The Kier molecular flexibility index (Phi) is 4.80. The van der Waals surface area contributed by atoms with Gasteiger partial charge in [0, 0.05) is 18.5 Å². The smallest absolute Gasteiger partial charge is 0.187 e. The van der Waals surface area contributed by atoms with Crippen molar-refractivity contribution in [2.75, 3.05) is 13.2 Å². The molecule has 3 rings (SSSR count). The Bertz CT molecular complexity index is 354. The van der Waals surface area contributed by atoms with E-state index in [2.05, 4.69) is 5.32 Å². The molecule has 21 heavy (non-hydrogen) atoms. The molecule has 0 amide bonds. The van der Waals surface area contributed by atoms with Crippen LogP contribution in [0.4, 0.5) is 0 Å². The van der Waals surface area contributed by atoms with Crippen molar-refractivity contribution in [3.8, 4) is 0 Å². The highest BCUT2D eigenvalue weighted by Gasteiger charge is 2.47. The molecular weight excluding hydrogens is 278 g/mol. The van der Waals surface area contributed by atoms with Gasteiger partial charge < -0.3 is 35.2 Å². The van der Waals surface area contributed by atoms with Gasteiger partial charge in [-0.05, 0) is 12.8 Å². The average Bonchev–Trinajstić information content (AvgIpc) is 2.91. The first-order valence-corrected chi connectivity index (χ1v) is 7.81. The molecule has 7 heteroatoms. The molecule has 1 aliphatic carbocycles. The third-order valence-corrected chi connectivity index (χ3v) is 5.04. The molecule has 2 aliphatic heterocycles. The van der Waals surface area contributed by atoms with E-state index in [1.165, 1.54) is 12.8 Å². The number of ether oxygens (including phenoxy) is 2. The lowest BCUT2D eigenvalue weighted by molar-refractivity contribution is -0.312. The monoisotopic (exact) mass is 303 g/mol. The topological polar surface area (TPSA) is 111 Å². The molecule has 3 fully saturated rings. The second-order valence-electron chi connectivity index (χ2n) is 6.33. The van der Waals surface area contributed by atoms with Gasteiger partial charge in [0.1, 0.15) is 24.4 Å². The maximum atomic E-state index is 10.0. The Labute approximate surface area is 123 Å². The highest BCUT2D eigenvalue weighted by molar-refractivity contribution is 4.95. The van der Waals surface area contributed by atoms with Crippen LogP contribution in [0.2, 0.25) is 0 Å². The number of hydrogen-bond acceptors (Lipinski definition) is 7. The summed E-state index contributed by atoms with van der Waals surface area (Å²) in [6.45, 7) is 0.268. The van der Waals surface area contributed by atoms with Crippen LogP contribution in [0.25, 0.3) is 0 Å². The number of hydrogen-bond donors (Lipinski definition) is 5. The van der Waals surface area contributed by atoms with E-state index in [0.717, 1.165) is 12.8 Å². The van der Waals surface area contributed by atoms with Crippen LogP contribution in [0.1, 0.15) is 25.7 Å². The van der Waals surface area contributed by atoms with E-state index >= 15 is 0 Å². The van der Waals surface area contributed by atoms with Gasteiger partial charge >= 0.3 is 0 Å². The first kappa shape index (κ1) is 15.6. The molecule has 7 nitrogen and oxygen atoms in total. The minimum atomic E-state index is -1.38. The summed E-state index contributed by atoms with van der Waals surface area (Å²) in [7, 11) is 0. The van der Waals surface area contributed by atoms with Gasteiger partial charge in [0.15, 0.2) is 6.29 Å². The van der Waals surface area contributed by atoms with E-state index in [1.54, 1.807) is 0 Å². The van der Waals surface area contributed by atoms with Crippen LogP contribution >= 0.6 is 0 Å². The first-order chi connectivity index (χ1) is 10.1. The summed E-state index contributed by atoms with van der Waals surface area (Å²) in [5.74, 6) is 0.395. The SMILES string of the molecule is OCC1OC(OC2CNC3CCCCC32)C(O)C(O)C1O. The molecule has 0 radical (unpaired) electrons. The Morgan fingerprint density at radius 1 is 1.05 bits per heavy atom. The van der Waals surface area contributed by atoms with E-state index in [1.807, 2.05) is 0 Å². The second kappa shape index (κ2) is 6.45. The maximum absolute atomic E-state index is 10.0. The number of rotatable bonds is 3. The van der Waals surface area contributed by atoms with Gasteiger partial charge in [-0.2, -0.15) is 0 Å². The fourth-order valence-corrected chi connectivity index (χ4v) is 3.78. The Morgan fingerprint density at radius 3 is 2.57 bits per heavy atom. The molecule has 0 aromatic rings. The number of aliphatic hydroxyl groups excluding tert-OH is 4. The zero-order valence-corrected chi connectivity index (χ0v) is 12.0. The fraction of sp³-hybridized carbons (Fsp3) is 1.00. The Hall–Kier alpha value is -0.280. The highest BCUT2D eigenvalue weighted by atomic mass is 16.7. The van der Waals surface area contributed by atoms with Crippen molar-refractivity contribution in [2.24, 2.45) is 5.92 Å². The lowest BCUT2D eigenvalue weighted by atomic mass is 9.84. The quantitative estimate of drug-likeness (QED) is 0.424. The standard InChI is InChI=1S/C14H25NO6/c16-6-10-11(17)12(18)13(19)14(21-10)20-9-5-15-8-4-2-1-3-7(8)9/h7-19H,1-6H2. The van der Waals surface area contributed by atoms with Crippen LogP contribution in [0.15, 0.2) is 0 Å². The summed E-state index contributed by atoms with van der Waals surface area (Å²) >= 11 is 0. The Morgan fingerprint density at radius 2 is 1.81 bits per heavy atom. The lowest BCUT2D eigenvalue weighted by Crippen LogP contribution is -2.60. The van der Waals surface area contributed by atoms with Gasteiger partial charge in [-0.1, -0.05) is 12.8 Å². The third kappa shape index (κ3) is 2.96. The lowest BCUT2D eigenvalue weighted by Gasteiger charge is -2.41. The molecule has 122 valence electrons. The van der Waals surface area contributed by atoms with E-state index in [-0.39, 0.29) is 6.10 Å². The normalized spacial score (nSPS) is 50.9. The van der Waals surface area contributed by atoms with E-state index in [9.17, 15) is 20.4 Å². The van der Waals surface area contributed by atoms with Crippen molar-refractivity contribution in [3.63, 3.8) is 0 Å². The van der Waals surface area contributed by atoms with Crippen LogP contribution in [-0.4, -0.2) is 76.4 Å². The average molecular weight is 303 g/mol. The molecule has 0 aromatic heterocycles. The molecular formula is C14H25NO6. The summed E-state index contributed by atoms with van der Waals surface area (Å²) in [6.07, 6.45) is -1.41. The molecule has 2 saturated heterocycles. The zero-order valence-electron chi connectivity index (χ0n) is 12.0. The van der Waals surface area contributed by atoms with Crippen molar-refractivity contribution in [2.45, 2.75) is 68.5 Å². The van der Waals surface area contributed by atoms with Gasteiger partial charge in [-0.3, -0.25) is 0 Å². The minimum absolute atomic E-state index is 0.0725. The van der Waals surface area contributed by atoms with Crippen LogP contribution in [0, 0.1) is 5.92 Å². The maximum Gasteiger partial charge on any atom is 0.187 e. The number of nitrogens with one attached hydrogen (secondary N) is 1. The van der Waals surface area contributed by atoms with E-state index < -0.39 is 37.3 Å². The summed E-state index contributed by atoms with van der Waals surface area (Å²) in [6, 6.07) is 0.452. The molecule has 0 spiro atoms. The summed E-state index contributed by atoms with van der Waals surface area (Å²) < 4.78 is 11.3. The Balaban J connectivity index is 1.63. The molecule has 5 N–H and O–H groups in total. The van der Waals surface area contributed by atoms with Crippen molar-refractivity contribution < 1.29 is 29.9 Å². The number of aliphatic hydroxyl groups is 4. The van der Waals surface area contributed by atoms with Crippen molar-refractivity contribution in [1.82, 2.24) is 5.32 Å². The van der Waals surface area contributed by atoms with Crippen molar-refractivity contribution >= 4 is 0 Å². The van der Waals surface area contributed by atoms with Crippen LogP contribution in [0.5, 0.6) is 0 Å². The van der Waals surface area contributed by atoms with Crippen LogP contribution < -0.4 is 5.32 Å². The summed E-state index contributed by atoms with van der Waals surface area (Å²) in [5.41, 5.74) is 0. The second-order valence-corrected chi connectivity index (χ2v) is 6.33. The highest BCUT2D eigenvalue weighted by Crippen LogP contribution is 2.34. The van der Waals surface area contributed by atoms with Crippen LogP contribution in [0.3, 0.4) is 0 Å². The van der Waals surface area contributed by atoms with Crippen molar-refractivity contribution in [1.29, 1.82) is 0 Å². The molecule has 1 saturated carbocycles. The minimum Gasteiger partial charge on any atom is -0.394 e. The summed E-state index contributed by atoms with van der Waals surface area (Å²) in [5, 5.41) is 42.2. The summed E-state index contributed by atoms with van der Waals surface area (Å²) in [4.78, 5) is 0. The van der Waals surface area contributed by atoms with Crippen LogP contribution in [-0.2, 0) is 9.47 Å².